The fourth-order valence-electron chi connectivity index (χ4n) is 6.25. The third kappa shape index (κ3) is 6.79. The second-order valence-corrected chi connectivity index (χ2v) is 12.3. The Balaban J connectivity index is 1.16. The van der Waals surface area contributed by atoms with Crippen LogP contribution in [0, 0.1) is 5.92 Å². The van der Waals surface area contributed by atoms with Crippen molar-refractivity contribution in [2.24, 2.45) is 5.92 Å². The molecular weight excluding hydrogens is 572 g/mol. The van der Waals surface area contributed by atoms with Gasteiger partial charge in [0, 0.05) is 50.2 Å². The summed E-state index contributed by atoms with van der Waals surface area (Å²) in [5, 5.41) is 3.18. The van der Waals surface area contributed by atoms with Crippen LogP contribution in [0.5, 0.6) is 5.88 Å². The predicted molar refractivity (Wildman–Crippen MR) is 161 cm³/mol. The summed E-state index contributed by atoms with van der Waals surface area (Å²) in [6, 6.07) is 8.62. The van der Waals surface area contributed by atoms with E-state index in [0.717, 1.165) is 26.3 Å². The van der Waals surface area contributed by atoms with Crippen LogP contribution in [-0.2, 0) is 14.3 Å². The molecule has 0 unspecified atom stereocenters. The normalized spacial score (nSPS) is 22.0. The fraction of sp³-hybridized carbons (Fsp3) is 0.613. The molecular formula is C31H41F2N7O4. The number of halogens is 2. The zero-order valence-electron chi connectivity index (χ0n) is 25.4. The number of carbonyl (C=O) groups is 1. The van der Waals surface area contributed by atoms with Crippen LogP contribution >= 0.6 is 0 Å². The molecule has 1 N–H and O–H groups in total. The quantitative estimate of drug-likeness (QED) is 0.386. The zero-order chi connectivity index (χ0) is 30.7. The van der Waals surface area contributed by atoms with Gasteiger partial charge < -0.3 is 24.4 Å². The number of benzene rings is 1. The molecule has 6 rings (SSSR count). The number of anilines is 1. The molecule has 3 aromatic rings. The summed E-state index contributed by atoms with van der Waals surface area (Å²) < 4.78 is 47.1. The summed E-state index contributed by atoms with van der Waals surface area (Å²) in [5.74, 6) is 0.606. The highest BCUT2D eigenvalue weighted by molar-refractivity contribution is 5.79. The SMILES string of the molecule is CC(C)(CNC(=O)[C@H]1CC[C@H](Oc2cc(-n3c(C(F)F)nc4ccccc43)nc(N3CCOCC3)n2)CC1)N1CCOCC1. The molecule has 4 heterocycles. The van der Waals surface area contributed by atoms with Gasteiger partial charge in [-0.1, -0.05) is 12.1 Å². The van der Waals surface area contributed by atoms with Gasteiger partial charge in [0.25, 0.3) is 6.43 Å². The molecule has 3 fully saturated rings. The van der Waals surface area contributed by atoms with Gasteiger partial charge in [0.05, 0.1) is 37.5 Å². The Morgan fingerprint density at radius 1 is 1.00 bits per heavy atom. The van der Waals surface area contributed by atoms with E-state index in [2.05, 4.69) is 29.0 Å². The van der Waals surface area contributed by atoms with E-state index in [4.69, 9.17) is 24.2 Å². The highest BCUT2D eigenvalue weighted by Crippen LogP contribution is 2.32. The van der Waals surface area contributed by atoms with E-state index in [1.165, 1.54) is 4.57 Å². The van der Waals surface area contributed by atoms with Crippen LogP contribution in [0.15, 0.2) is 30.3 Å². The number of hydrogen-bond donors (Lipinski definition) is 1. The average molecular weight is 614 g/mol. The minimum atomic E-state index is -2.80. The molecule has 2 aromatic heterocycles. The Morgan fingerprint density at radius 2 is 1.68 bits per heavy atom. The number of nitrogens with one attached hydrogen (secondary N) is 1. The van der Waals surface area contributed by atoms with Gasteiger partial charge in [-0.15, -0.1) is 0 Å². The maximum Gasteiger partial charge on any atom is 0.296 e. The van der Waals surface area contributed by atoms with E-state index < -0.39 is 6.43 Å². The maximum absolute atomic E-state index is 14.2. The lowest BCUT2D eigenvalue weighted by Crippen LogP contribution is -2.56. The van der Waals surface area contributed by atoms with Crippen molar-refractivity contribution in [2.75, 3.05) is 64.1 Å². The Hall–Kier alpha value is -3.42. The van der Waals surface area contributed by atoms with Crippen molar-refractivity contribution in [3.05, 3.63) is 36.2 Å². The van der Waals surface area contributed by atoms with Crippen molar-refractivity contribution in [1.29, 1.82) is 0 Å². The number of carbonyl (C=O) groups excluding carboxylic acids is 1. The average Bonchev–Trinajstić information content (AvgIpc) is 3.45. The van der Waals surface area contributed by atoms with Crippen LogP contribution in [0.4, 0.5) is 14.7 Å². The molecule has 3 aliphatic rings. The second-order valence-electron chi connectivity index (χ2n) is 12.3. The number of fused-ring (bicyclic) bond motifs is 1. The molecule has 0 bridgehead atoms. The Kier molecular flexibility index (Phi) is 9.24. The van der Waals surface area contributed by atoms with Crippen molar-refractivity contribution in [2.45, 2.75) is 57.6 Å². The van der Waals surface area contributed by atoms with E-state index in [1.807, 2.05) is 4.90 Å². The molecule has 13 heteroatoms. The first-order valence-corrected chi connectivity index (χ1v) is 15.5. The second kappa shape index (κ2) is 13.3. The molecule has 1 aromatic carbocycles. The standard InChI is InChI=1S/C31H41F2N7O4/c1-31(2,39-13-17-43-18-14-39)20-34-29(41)21-7-9-22(10-8-21)44-26-19-25(36-30(37-26)38-11-15-42-16-12-38)40-24-6-4-3-5-23(24)35-28(40)27(32)33/h3-6,19,21-22,27H,7-18,20H2,1-2H3,(H,34,41)/t21-,22-. The van der Waals surface area contributed by atoms with Gasteiger partial charge >= 0.3 is 0 Å². The third-order valence-corrected chi connectivity index (χ3v) is 8.88. The highest BCUT2D eigenvalue weighted by atomic mass is 19.3. The molecule has 1 saturated carbocycles. The molecule has 1 amide bonds. The summed E-state index contributed by atoms with van der Waals surface area (Å²) in [6.45, 7) is 10.3. The summed E-state index contributed by atoms with van der Waals surface area (Å²) in [5.41, 5.74) is 0.846. The maximum atomic E-state index is 14.2. The van der Waals surface area contributed by atoms with Crippen molar-refractivity contribution < 1.29 is 27.8 Å². The topological polar surface area (TPSA) is 107 Å². The molecule has 11 nitrogen and oxygen atoms in total. The van der Waals surface area contributed by atoms with Crippen LogP contribution in [0.1, 0.15) is 51.8 Å². The van der Waals surface area contributed by atoms with Gasteiger partial charge in [-0.2, -0.15) is 9.97 Å². The Bertz CT molecular complexity index is 1430. The number of para-hydroxylation sites is 2. The number of morpholine rings is 2. The van der Waals surface area contributed by atoms with E-state index in [1.54, 1.807) is 30.3 Å². The number of hydrogen-bond acceptors (Lipinski definition) is 9. The number of amides is 1. The summed E-state index contributed by atoms with van der Waals surface area (Å²) in [6.07, 6.45) is -0.178. The first-order chi connectivity index (χ1) is 21.3. The first-order valence-electron chi connectivity index (χ1n) is 15.5. The van der Waals surface area contributed by atoms with E-state index >= 15 is 0 Å². The number of nitrogens with zero attached hydrogens (tertiary/aromatic N) is 6. The molecule has 2 saturated heterocycles. The van der Waals surface area contributed by atoms with Crippen molar-refractivity contribution in [3.8, 4) is 11.7 Å². The molecule has 1 aliphatic carbocycles. The number of imidazole rings is 1. The lowest BCUT2D eigenvalue weighted by molar-refractivity contribution is -0.127. The minimum absolute atomic E-state index is 0.0777. The van der Waals surface area contributed by atoms with Crippen LogP contribution in [-0.4, -0.2) is 101 Å². The summed E-state index contributed by atoms with van der Waals surface area (Å²) >= 11 is 0. The van der Waals surface area contributed by atoms with Crippen molar-refractivity contribution in [3.63, 3.8) is 0 Å². The van der Waals surface area contributed by atoms with E-state index in [0.29, 0.717) is 81.4 Å². The lowest BCUT2D eigenvalue weighted by atomic mass is 9.86. The van der Waals surface area contributed by atoms with Crippen LogP contribution in [0.2, 0.25) is 0 Å². The summed E-state index contributed by atoms with van der Waals surface area (Å²) in [7, 11) is 0. The van der Waals surface area contributed by atoms with Gasteiger partial charge in [-0.05, 0) is 51.7 Å². The summed E-state index contributed by atoms with van der Waals surface area (Å²) in [4.78, 5) is 31.0. The number of ether oxygens (including phenoxy) is 3. The molecule has 2 aliphatic heterocycles. The monoisotopic (exact) mass is 613 g/mol. The predicted octanol–water partition coefficient (Wildman–Crippen LogP) is 3.75. The molecule has 0 radical (unpaired) electrons. The smallest absolute Gasteiger partial charge is 0.296 e. The Labute approximate surface area is 255 Å². The molecule has 0 spiro atoms. The van der Waals surface area contributed by atoms with E-state index in [9.17, 15) is 13.6 Å². The molecule has 238 valence electrons. The van der Waals surface area contributed by atoms with E-state index in [-0.39, 0.29) is 35.1 Å². The van der Waals surface area contributed by atoms with Gasteiger partial charge in [-0.25, -0.2) is 13.8 Å². The number of rotatable bonds is 9. The lowest BCUT2D eigenvalue weighted by Gasteiger charge is -2.41. The largest absolute Gasteiger partial charge is 0.474 e. The fourth-order valence-corrected chi connectivity index (χ4v) is 6.25. The van der Waals surface area contributed by atoms with Gasteiger partial charge in [0.1, 0.15) is 11.9 Å². The highest BCUT2D eigenvalue weighted by Gasteiger charge is 2.32. The van der Waals surface area contributed by atoms with Gasteiger partial charge in [0.15, 0.2) is 5.82 Å². The number of aromatic nitrogens is 4. The Morgan fingerprint density at radius 3 is 2.39 bits per heavy atom. The van der Waals surface area contributed by atoms with Crippen LogP contribution in [0.25, 0.3) is 16.9 Å². The van der Waals surface area contributed by atoms with Crippen molar-refractivity contribution >= 4 is 22.9 Å². The first kappa shape index (κ1) is 30.6. The zero-order valence-corrected chi connectivity index (χ0v) is 25.4. The molecule has 44 heavy (non-hydrogen) atoms. The van der Waals surface area contributed by atoms with Gasteiger partial charge in [-0.3, -0.25) is 14.3 Å². The number of alkyl halides is 2. The van der Waals surface area contributed by atoms with Crippen LogP contribution < -0.4 is 15.0 Å². The minimum Gasteiger partial charge on any atom is -0.474 e. The third-order valence-electron chi connectivity index (χ3n) is 8.88. The van der Waals surface area contributed by atoms with Crippen molar-refractivity contribution in [1.82, 2.24) is 29.7 Å². The molecule has 0 atom stereocenters. The van der Waals surface area contributed by atoms with Gasteiger partial charge in [0.2, 0.25) is 17.7 Å². The van der Waals surface area contributed by atoms with Crippen LogP contribution in [0.3, 0.4) is 0 Å².